The lowest BCUT2D eigenvalue weighted by Crippen LogP contribution is -2.11. The number of halogens is 1. The topological polar surface area (TPSA) is 43.1 Å². The van der Waals surface area contributed by atoms with Crippen LogP contribution in [-0.2, 0) is 0 Å². The van der Waals surface area contributed by atoms with Crippen molar-refractivity contribution in [3.63, 3.8) is 0 Å². The highest BCUT2D eigenvalue weighted by molar-refractivity contribution is 6.33. The molecule has 0 radical (unpaired) electrons. The summed E-state index contributed by atoms with van der Waals surface area (Å²) in [7, 11) is 0. The van der Waals surface area contributed by atoms with E-state index in [-0.39, 0.29) is 0 Å². The molecule has 0 aromatic heterocycles. The zero-order valence-corrected chi connectivity index (χ0v) is 11.1. The molecule has 96 valence electrons. The molecule has 1 aromatic carbocycles. The second kappa shape index (κ2) is 6.05. The van der Waals surface area contributed by atoms with Crippen LogP contribution in [0.3, 0.4) is 0 Å². The molecular weight excluding hydrogens is 246 g/mol. The lowest BCUT2D eigenvalue weighted by molar-refractivity contribution is 0.100. The van der Waals surface area contributed by atoms with Crippen molar-refractivity contribution in [1.29, 1.82) is 0 Å². The molecule has 1 aliphatic rings. The van der Waals surface area contributed by atoms with Gasteiger partial charge in [0.1, 0.15) is 0 Å². The molecule has 0 saturated heterocycles. The standard InChI is InChI=1S/C15H18ClNO/c16-14-9-8-12(10-13(14)15(17)18)7-6-11-4-2-1-3-5-11/h6-11H,1-5H2,(H2,17,18). The van der Waals surface area contributed by atoms with Crippen molar-refractivity contribution >= 4 is 23.6 Å². The third-order valence-corrected chi connectivity index (χ3v) is 3.80. The van der Waals surface area contributed by atoms with E-state index in [2.05, 4.69) is 12.2 Å². The van der Waals surface area contributed by atoms with E-state index in [4.69, 9.17) is 17.3 Å². The van der Waals surface area contributed by atoms with E-state index in [1.165, 1.54) is 32.1 Å². The minimum Gasteiger partial charge on any atom is -0.366 e. The number of primary amides is 1. The lowest BCUT2D eigenvalue weighted by atomic mass is 9.89. The summed E-state index contributed by atoms with van der Waals surface area (Å²) in [5, 5.41) is 0.414. The summed E-state index contributed by atoms with van der Waals surface area (Å²) in [5.74, 6) is 0.194. The predicted octanol–water partition coefficient (Wildman–Crippen LogP) is 4.03. The van der Waals surface area contributed by atoms with Gasteiger partial charge in [-0.15, -0.1) is 0 Å². The molecule has 1 fully saturated rings. The maximum atomic E-state index is 11.2. The Kier molecular flexibility index (Phi) is 4.43. The number of hydrogen-bond acceptors (Lipinski definition) is 1. The smallest absolute Gasteiger partial charge is 0.250 e. The van der Waals surface area contributed by atoms with Crippen LogP contribution in [0.25, 0.3) is 6.08 Å². The van der Waals surface area contributed by atoms with Crippen LogP contribution in [0.1, 0.15) is 48.0 Å². The minimum absolute atomic E-state index is 0.391. The summed E-state index contributed by atoms with van der Waals surface area (Å²) in [4.78, 5) is 11.2. The van der Waals surface area contributed by atoms with E-state index >= 15 is 0 Å². The Morgan fingerprint density at radius 1 is 1.28 bits per heavy atom. The third-order valence-electron chi connectivity index (χ3n) is 3.47. The molecule has 3 heteroatoms. The number of carbonyl (C=O) groups excluding carboxylic acids is 1. The van der Waals surface area contributed by atoms with E-state index in [0.29, 0.717) is 16.5 Å². The van der Waals surface area contributed by atoms with Crippen molar-refractivity contribution < 1.29 is 4.79 Å². The molecule has 0 aliphatic heterocycles. The van der Waals surface area contributed by atoms with Gasteiger partial charge in [0.25, 0.3) is 0 Å². The van der Waals surface area contributed by atoms with Gasteiger partial charge in [0.15, 0.2) is 0 Å². The maximum absolute atomic E-state index is 11.2. The van der Waals surface area contributed by atoms with Gasteiger partial charge in [-0.3, -0.25) is 4.79 Å². The lowest BCUT2D eigenvalue weighted by Gasteiger charge is -2.17. The zero-order chi connectivity index (χ0) is 13.0. The first-order valence-electron chi connectivity index (χ1n) is 6.44. The highest BCUT2D eigenvalue weighted by atomic mass is 35.5. The Balaban J connectivity index is 2.11. The molecule has 1 aromatic rings. The Morgan fingerprint density at radius 2 is 2.00 bits per heavy atom. The van der Waals surface area contributed by atoms with Crippen LogP contribution in [0, 0.1) is 5.92 Å². The van der Waals surface area contributed by atoms with Gasteiger partial charge in [-0.25, -0.2) is 0 Å². The Morgan fingerprint density at radius 3 is 2.67 bits per heavy atom. The number of rotatable bonds is 3. The monoisotopic (exact) mass is 263 g/mol. The van der Waals surface area contributed by atoms with Gasteiger partial charge in [0.2, 0.25) is 5.91 Å². The van der Waals surface area contributed by atoms with E-state index in [1.807, 2.05) is 6.07 Å². The number of hydrogen-bond donors (Lipinski definition) is 1. The molecule has 1 saturated carbocycles. The van der Waals surface area contributed by atoms with Crippen molar-refractivity contribution in [3.05, 3.63) is 40.4 Å². The van der Waals surface area contributed by atoms with Gasteiger partial charge in [0.05, 0.1) is 10.6 Å². The van der Waals surface area contributed by atoms with Crippen LogP contribution >= 0.6 is 11.6 Å². The summed E-state index contributed by atoms with van der Waals surface area (Å²) in [5.41, 5.74) is 6.65. The largest absolute Gasteiger partial charge is 0.366 e. The number of amides is 1. The second-order valence-electron chi connectivity index (χ2n) is 4.86. The van der Waals surface area contributed by atoms with Crippen LogP contribution in [0.5, 0.6) is 0 Å². The molecule has 0 atom stereocenters. The SMILES string of the molecule is NC(=O)c1cc(C=CC2CCCCC2)ccc1Cl. The first-order chi connectivity index (χ1) is 8.66. The first-order valence-corrected chi connectivity index (χ1v) is 6.82. The molecule has 0 heterocycles. The quantitative estimate of drug-likeness (QED) is 0.879. The molecule has 1 amide bonds. The molecule has 1 aliphatic carbocycles. The number of benzene rings is 1. The highest BCUT2D eigenvalue weighted by Crippen LogP contribution is 2.26. The van der Waals surface area contributed by atoms with Crippen molar-refractivity contribution in [2.45, 2.75) is 32.1 Å². The number of carbonyl (C=O) groups is 1. The van der Waals surface area contributed by atoms with Crippen LogP contribution in [0.4, 0.5) is 0 Å². The summed E-state index contributed by atoms with van der Waals surface area (Å²) in [6.07, 6.45) is 10.9. The molecule has 0 unspecified atom stereocenters. The van der Waals surface area contributed by atoms with Crippen molar-refractivity contribution in [2.75, 3.05) is 0 Å². The average molecular weight is 264 g/mol. The van der Waals surface area contributed by atoms with Gasteiger partial charge in [0, 0.05) is 0 Å². The van der Waals surface area contributed by atoms with Gasteiger partial charge < -0.3 is 5.73 Å². The summed E-state index contributed by atoms with van der Waals surface area (Å²) >= 11 is 5.92. The van der Waals surface area contributed by atoms with Crippen molar-refractivity contribution in [3.8, 4) is 0 Å². The molecule has 2 rings (SSSR count). The Bertz CT molecular complexity index is 462. The molecular formula is C15H18ClNO. The first kappa shape index (κ1) is 13.2. The molecule has 0 bridgehead atoms. The highest BCUT2D eigenvalue weighted by Gasteiger charge is 2.10. The average Bonchev–Trinajstić information content (AvgIpc) is 2.38. The van der Waals surface area contributed by atoms with E-state index in [9.17, 15) is 4.79 Å². The number of nitrogens with two attached hydrogens (primary N) is 1. The Hall–Kier alpha value is -1.28. The Labute approximate surface area is 113 Å². The molecule has 2 nitrogen and oxygen atoms in total. The normalized spacial score (nSPS) is 17.2. The fourth-order valence-corrected chi connectivity index (χ4v) is 2.62. The minimum atomic E-state index is -0.479. The van der Waals surface area contributed by atoms with Gasteiger partial charge >= 0.3 is 0 Å². The fraction of sp³-hybridized carbons (Fsp3) is 0.400. The second-order valence-corrected chi connectivity index (χ2v) is 5.27. The van der Waals surface area contributed by atoms with Crippen molar-refractivity contribution in [2.24, 2.45) is 11.7 Å². The zero-order valence-electron chi connectivity index (χ0n) is 10.4. The summed E-state index contributed by atoms with van der Waals surface area (Å²) in [6.45, 7) is 0. The van der Waals surface area contributed by atoms with Gasteiger partial charge in [-0.05, 0) is 36.5 Å². The van der Waals surface area contributed by atoms with Gasteiger partial charge in [-0.1, -0.05) is 49.1 Å². The van der Waals surface area contributed by atoms with E-state index in [0.717, 1.165) is 5.56 Å². The molecule has 2 N–H and O–H groups in total. The summed E-state index contributed by atoms with van der Waals surface area (Å²) in [6, 6.07) is 5.39. The maximum Gasteiger partial charge on any atom is 0.250 e. The fourth-order valence-electron chi connectivity index (χ4n) is 2.41. The van der Waals surface area contributed by atoms with Gasteiger partial charge in [-0.2, -0.15) is 0 Å². The van der Waals surface area contributed by atoms with Crippen molar-refractivity contribution in [1.82, 2.24) is 0 Å². The van der Waals surface area contributed by atoms with Crippen LogP contribution < -0.4 is 5.73 Å². The van der Waals surface area contributed by atoms with Crippen LogP contribution in [0.2, 0.25) is 5.02 Å². The molecule has 18 heavy (non-hydrogen) atoms. The van der Waals surface area contributed by atoms with E-state index < -0.39 is 5.91 Å². The molecule has 0 spiro atoms. The predicted molar refractivity (Wildman–Crippen MR) is 75.6 cm³/mol. The number of allylic oxidation sites excluding steroid dienone is 1. The van der Waals surface area contributed by atoms with E-state index in [1.54, 1.807) is 12.1 Å². The summed E-state index contributed by atoms with van der Waals surface area (Å²) < 4.78 is 0. The third kappa shape index (κ3) is 3.36. The van der Waals surface area contributed by atoms with Crippen LogP contribution in [-0.4, -0.2) is 5.91 Å². The van der Waals surface area contributed by atoms with Crippen LogP contribution in [0.15, 0.2) is 24.3 Å².